The number of amides is 1. The second-order valence-electron chi connectivity index (χ2n) is 4.67. The van der Waals surface area contributed by atoms with E-state index in [1.54, 1.807) is 12.1 Å². The van der Waals surface area contributed by atoms with E-state index in [1.165, 1.54) is 35.2 Å². The van der Waals surface area contributed by atoms with E-state index in [-0.39, 0.29) is 17.8 Å². The molecular formula is C15H17FN2OS2. The lowest BCUT2D eigenvalue weighted by Gasteiger charge is -2.10. The van der Waals surface area contributed by atoms with Gasteiger partial charge in [0.1, 0.15) is 5.82 Å². The minimum Gasteiger partial charge on any atom is -0.353 e. The summed E-state index contributed by atoms with van der Waals surface area (Å²) in [5.74, 6) is 0.124. The summed E-state index contributed by atoms with van der Waals surface area (Å²) in [5.41, 5.74) is 1.69. The maximum atomic E-state index is 12.9. The number of carbonyl (C=O) groups excluding carboxylic acids is 1. The summed E-state index contributed by atoms with van der Waals surface area (Å²) in [7, 11) is 0. The van der Waals surface area contributed by atoms with E-state index in [1.807, 2.05) is 19.2 Å². The lowest BCUT2D eigenvalue weighted by molar-refractivity contribution is -0.119. The van der Waals surface area contributed by atoms with Crippen molar-refractivity contribution in [2.45, 2.75) is 30.6 Å². The van der Waals surface area contributed by atoms with Gasteiger partial charge >= 0.3 is 0 Å². The number of benzene rings is 1. The molecule has 0 unspecified atom stereocenters. The number of aromatic nitrogens is 1. The first kappa shape index (κ1) is 16.0. The molecule has 0 aliphatic carbocycles. The molecule has 0 spiro atoms. The van der Waals surface area contributed by atoms with Crippen LogP contribution in [-0.2, 0) is 4.79 Å². The predicted molar refractivity (Wildman–Crippen MR) is 86.1 cm³/mol. The molecule has 1 aromatic heterocycles. The van der Waals surface area contributed by atoms with Crippen molar-refractivity contribution in [1.29, 1.82) is 0 Å². The Hall–Kier alpha value is -1.40. The van der Waals surface area contributed by atoms with Gasteiger partial charge in [-0.2, -0.15) is 0 Å². The molecule has 2 rings (SSSR count). The van der Waals surface area contributed by atoms with Gasteiger partial charge in [0.2, 0.25) is 5.91 Å². The fourth-order valence-corrected chi connectivity index (χ4v) is 3.27. The van der Waals surface area contributed by atoms with Crippen molar-refractivity contribution in [3.63, 3.8) is 0 Å². The van der Waals surface area contributed by atoms with Crippen LogP contribution in [0.2, 0.25) is 0 Å². The van der Waals surface area contributed by atoms with E-state index in [4.69, 9.17) is 0 Å². The van der Waals surface area contributed by atoms with Crippen LogP contribution < -0.4 is 5.32 Å². The molecular weight excluding hydrogens is 307 g/mol. The third-order valence-corrected chi connectivity index (χ3v) is 4.99. The van der Waals surface area contributed by atoms with Gasteiger partial charge in [0.05, 0.1) is 11.4 Å². The zero-order valence-corrected chi connectivity index (χ0v) is 13.6. The Morgan fingerprint density at radius 2 is 2.14 bits per heavy atom. The fraction of sp³-hybridized carbons (Fsp3) is 0.333. The van der Waals surface area contributed by atoms with Crippen molar-refractivity contribution in [3.05, 3.63) is 35.5 Å². The number of hydrogen-bond donors (Lipinski definition) is 1. The van der Waals surface area contributed by atoms with Gasteiger partial charge in [-0.25, -0.2) is 9.37 Å². The monoisotopic (exact) mass is 324 g/mol. The summed E-state index contributed by atoms with van der Waals surface area (Å²) >= 11 is 2.91. The van der Waals surface area contributed by atoms with E-state index in [0.29, 0.717) is 5.75 Å². The molecule has 3 nitrogen and oxygen atoms in total. The molecule has 21 heavy (non-hydrogen) atoms. The molecule has 112 valence electrons. The Labute approximate surface area is 132 Å². The molecule has 0 aliphatic heterocycles. The second-order valence-corrected chi connectivity index (χ2v) is 6.75. The lowest BCUT2D eigenvalue weighted by Crippen LogP contribution is -2.33. The fourth-order valence-electron chi connectivity index (χ4n) is 1.62. The number of rotatable bonds is 6. The highest BCUT2D eigenvalue weighted by Crippen LogP contribution is 2.28. The highest BCUT2D eigenvalue weighted by Gasteiger charge is 2.09. The third kappa shape index (κ3) is 4.82. The topological polar surface area (TPSA) is 42.0 Å². The first-order valence-corrected chi connectivity index (χ1v) is 8.58. The van der Waals surface area contributed by atoms with Crippen LogP contribution >= 0.6 is 23.1 Å². The maximum absolute atomic E-state index is 12.9. The number of hydrogen-bond acceptors (Lipinski definition) is 4. The van der Waals surface area contributed by atoms with Crippen LogP contribution in [0.4, 0.5) is 4.39 Å². The summed E-state index contributed by atoms with van der Waals surface area (Å²) in [4.78, 5) is 16.2. The molecule has 1 aromatic carbocycles. The van der Waals surface area contributed by atoms with Crippen LogP contribution in [0.25, 0.3) is 11.3 Å². The van der Waals surface area contributed by atoms with Crippen molar-refractivity contribution >= 4 is 29.0 Å². The second kappa shape index (κ2) is 7.56. The average Bonchev–Trinajstić information content (AvgIpc) is 2.94. The van der Waals surface area contributed by atoms with Crippen LogP contribution in [0.3, 0.4) is 0 Å². The summed E-state index contributed by atoms with van der Waals surface area (Å²) in [6.07, 6.45) is 0.919. The van der Waals surface area contributed by atoms with Crippen LogP contribution in [0, 0.1) is 5.82 Å². The van der Waals surface area contributed by atoms with E-state index in [9.17, 15) is 9.18 Å². The van der Waals surface area contributed by atoms with Gasteiger partial charge in [0.15, 0.2) is 4.34 Å². The minimum atomic E-state index is -0.259. The summed E-state index contributed by atoms with van der Waals surface area (Å²) in [5, 5.41) is 4.84. The van der Waals surface area contributed by atoms with Crippen molar-refractivity contribution in [1.82, 2.24) is 10.3 Å². The van der Waals surface area contributed by atoms with E-state index >= 15 is 0 Å². The molecule has 0 fully saturated rings. The number of thioether (sulfide) groups is 1. The quantitative estimate of drug-likeness (QED) is 0.818. The summed E-state index contributed by atoms with van der Waals surface area (Å²) in [6, 6.07) is 6.44. The van der Waals surface area contributed by atoms with Gasteiger partial charge in [-0.05, 0) is 37.6 Å². The van der Waals surface area contributed by atoms with Crippen molar-refractivity contribution in [2.75, 3.05) is 5.75 Å². The zero-order valence-electron chi connectivity index (χ0n) is 11.9. The average molecular weight is 324 g/mol. The molecule has 1 N–H and O–H groups in total. The Balaban J connectivity index is 1.91. The van der Waals surface area contributed by atoms with Gasteiger partial charge in [0.25, 0.3) is 0 Å². The molecule has 1 atom stereocenters. The van der Waals surface area contributed by atoms with Gasteiger partial charge in [-0.3, -0.25) is 4.79 Å². The number of nitrogens with one attached hydrogen (secondary N) is 1. The Kier molecular flexibility index (Phi) is 5.76. The highest BCUT2D eigenvalue weighted by molar-refractivity contribution is 8.01. The minimum absolute atomic E-state index is 0.0212. The summed E-state index contributed by atoms with van der Waals surface area (Å²) in [6.45, 7) is 4.02. The molecule has 0 saturated carbocycles. The highest BCUT2D eigenvalue weighted by atomic mass is 32.2. The molecule has 6 heteroatoms. The van der Waals surface area contributed by atoms with Crippen LogP contribution in [0.5, 0.6) is 0 Å². The number of halogens is 1. The largest absolute Gasteiger partial charge is 0.353 e. The third-order valence-electron chi connectivity index (χ3n) is 2.97. The number of carbonyl (C=O) groups is 1. The molecule has 0 saturated heterocycles. The van der Waals surface area contributed by atoms with E-state index < -0.39 is 0 Å². The van der Waals surface area contributed by atoms with Crippen molar-refractivity contribution in [3.8, 4) is 11.3 Å². The lowest BCUT2D eigenvalue weighted by atomic mass is 10.2. The number of nitrogens with zero attached hydrogens (tertiary/aromatic N) is 1. The predicted octanol–water partition coefficient (Wildman–Crippen LogP) is 3.96. The standard InChI is InChI=1S/C15H17FN2OS2/c1-3-10(2)17-14(19)9-21-15-18-13(8-20-15)11-4-6-12(16)7-5-11/h4-8,10H,3,9H2,1-2H3,(H,17,19)/t10-/m0/s1. The Morgan fingerprint density at radius 1 is 1.43 bits per heavy atom. The van der Waals surface area contributed by atoms with Crippen LogP contribution in [0.15, 0.2) is 34.0 Å². The number of thiazole rings is 1. The Morgan fingerprint density at radius 3 is 2.81 bits per heavy atom. The maximum Gasteiger partial charge on any atom is 0.230 e. The molecule has 0 aliphatic rings. The normalized spacial score (nSPS) is 12.1. The van der Waals surface area contributed by atoms with Gasteiger partial charge in [-0.15, -0.1) is 11.3 Å². The molecule has 1 amide bonds. The van der Waals surface area contributed by atoms with Crippen LogP contribution in [0.1, 0.15) is 20.3 Å². The van der Waals surface area contributed by atoms with Crippen molar-refractivity contribution in [2.24, 2.45) is 0 Å². The van der Waals surface area contributed by atoms with Crippen LogP contribution in [-0.4, -0.2) is 22.7 Å². The SMILES string of the molecule is CC[C@H](C)NC(=O)CSc1nc(-c2ccc(F)cc2)cs1. The Bertz CT molecular complexity index is 598. The van der Waals surface area contributed by atoms with Crippen molar-refractivity contribution < 1.29 is 9.18 Å². The molecule has 2 aromatic rings. The van der Waals surface area contributed by atoms with Gasteiger partial charge in [-0.1, -0.05) is 18.7 Å². The molecule has 0 radical (unpaired) electrons. The molecule has 1 heterocycles. The van der Waals surface area contributed by atoms with Gasteiger partial charge < -0.3 is 5.32 Å². The summed E-state index contributed by atoms with van der Waals surface area (Å²) < 4.78 is 13.7. The smallest absolute Gasteiger partial charge is 0.230 e. The molecule has 0 bridgehead atoms. The zero-order chi connectivity index (χ0) is 15.2. The van der Waals surface area contributed by atoms with Gasteiger partial charge in [0, 0.05) is 17.0 Å². The first-order chi connectivity index (χ1) is 10.1. The van der Waals surface area contributed by atoms with E-state index in [2.05, 4.69) is 10.3 Å². The first-order valence-electron chi connectivity index (χ1n) is 6.72. The van der Waals surface area contributed by atoms with E-state index in [0.717, 1.165) is 22.0 Å².